The third kappa shape index (κ3) is 4.59. The molecule has 0 aliphatic carbocycles. The summed E-state index contributed by atoms with van der Waals surface area (Å²) in [6.07, 6.45) is 1.80. The first-order valence-electron chi connectivity index (χ1n) is 9.57. The number of carbonyl (C=O) groups excluding carboxylic acids is 3. The minimum absolute atomic E-state index is 0.00666. The smallest absolute Gasteiger partial charge is 0.317 e. The molecule has 0 radical (unpaired) electrons. The lowest BCUT2D eigenvalue weighted by Crippen LogP contribution is -2.50. The summed E-state index contributed by atoms with van der Waals surface area (Å²) in [5.74, 6) is -0.498. The minimum Gasteiger partial charge on any atom is -0.466 e. The highest BCUT2D eigenvalue weighted by Gasteiger charge is 2.34. The van der Waals surface area contributed by atoms with Crippen LogP contribution in [0.15, 0.2) is 24.3 Å². The van der Waals surface area contributed by atoms with Gasteiger partial charge in [-0.15, -0.1) is 0 Å². The standard InChI is InChI=1S/C20H27N3O4/c1-3-27-19(25)15-5-4-10-22(12-15)20(26)21-16-11-18(24)23(13-16)17-8-6-14(2)7-9-17/h6-9,15-16H,3-5,10-13H2,1-2H3,(H,21,26). The maximum Gasteiger partial charge on any atom is 0.317 e. The molecule has 2 aliphatic heterocycles. The van der Waals surface area contributed by atoms with Crippen molar-refractivity contribution >= 4 is 23.6 Å². The number of aryl methyl sites for hydroxylation is 1. The summed E-state index contributed by atoms with van der Waals surface area (Å²) in [5, 5.41) is 2.95. The Bertz CT molecular complexity index is 704. The zero-order chi connectivity index (χ0) is 19.4. The van der Waals surface area contributed by atoms with Crippen LogP contribution in [0.1, 0.15) is 31.7 Å². The Morgan fingerprint density at radius 2 is 1.96 bits per heavy atom. The van der Waals surface area contributed by atoms with E-state index in [0.29, 0.717) is 26.2 Å². The molecule has 0 aromatic heterocycles. The van der Waals surface area contributed by atoms with Gasteiger partial charge in [0.2, 0.25) is 5.91 Å². The van der Waals surface area contributed by atoms with E-state index in [-0.39, 0.29) is 36.3 Å². The lowest BCUT2D eigenvalue weighted by Gasteiger charge is -2.32. The molecular weight excluding hydrogens is 346 g/mol. The van der Waals surface area contributed by atoms with Crippen LogP contribution in [0.25, 0.3) is 0 Å². The summed E-state index contributed by atoms with van der Waals surface area (Å²) in [7, 11) is 0. The van der Waals surface area contributed by atoms with Crippen LogP contribution >= 0.6 is 0 Å². The number of nitrogens with zero attached hydrogens (tertiary/aromatic N) is 2. The minimum atomic E-state index is -0.265. The van der Waals surface area contributed by atoms with E-state index in [1.807, 2.05) is 31.2 Å². The van der Waals surface area contributed by atoms with Gasteiger partial charge in [0.15, 0.2) is 0 Å². The predicted octanol–water partition coefficient (Wildman–Crippen LogP) is 2.09. The maximum absolute atomic E-state index is 12.6. The van der Waals surface area contributed by atoms with E-state index in [9.17, 15) is 14.4 Å². The molecule has 2 saturated heterocycles. The number of hydrogen-bond acceptors (Lipinski definition) is 4. The van der Waals surface area contributed by atoms with Crippen molar-refractivity contribution < 1.29 is 19.1 Å². The van der Waals surface area contributed by atoms with Gasteiger partial charge in [0, 0.05) is 31.7 Å². The van der Waals surface area contributed by atoms with Gasteiger partial charge in [-0.2, -0.15) is 0 Å². The van der Waals surface area contributed by atoms with Gasteiger partial charge in [0.05, 0.1) is 18.6 Å². The second-order valence-corrected chi connectivity index (χ2v) is 7.23. The van der Waals surface area contributed by atoms with Gasteiger partial charge in [-0.1, -0.05) is 17.7 Å². The van der Waals surface area contributed by atoms with Crippen LogP contribution in [0.4, 0.5) is 10.5 Å². The molecule has 1 N–H and O–H groups in total. The summed E-state index contributed by atoms with van der Waals surface area (Å²) >= 11 is 0. The fourth-order valence-corrected chi connectivity index (χ4v) is 3.66. The molecule has 1 aromatic rings. The first-order valence-corrected chi connectivity index (χ1v) is 9.57. The van der Waals surface area contributed by atoms with Crippen molar-refractivity contribution in [2.75, 3.05) is 31.1 Å². The van der Waals surface area contributed by atoms with E-state index in [1.54, 1.807) is 16.7 Å². The molecule has 2 aliphatic rings. The summed E-state index contributed by atoms with van der Waals surface area (Å²) in [5.41, 5.74) is 1.99. The van der Waals surface area contributed by atoms with E-state index in [2.05, 4.69) is 5.32 Å². The molecule has 2 heterocycles. The van der Waals surface area contributed by atoms with Crippen LogP contribution in [0.3, 0.4) is 0 Å². The van der Waals surface area contributed by atoms with Crippen molar-refractivity contribution in [2.45, 2.75) is 39.2 Å². The van der Waals surface area contributed by atoms with Crippen LogP contribution < -0.4 is 10.2 Å². The largest absolute Gasteiger partial charge is 0.466 e. The van der Waals surface area contributed by atoms with Crippen LogP contribution in [0.2, 0.25) is 0 Å². The highest BCUT2D eigenvalue weighted by atomic mass is 16.5. The second kappa shape index (κ2) is 8.41. The molecule has 7 nitrogen and oxygen atoms in total. The summed E-state index contributed by atoms with van der Waals surface area (Å²) in [6, 6.07) is 7.34. The Morgan fingerprint density at radius 1 is 1.22 bits per heavy atom. The number of nitrogens with one attached hydrogen (secondary N) is 1. The van der Waals surface area contributed by atoms with Crippen LogP contribution in [0, 0.1) is 12.8 Å². The Labute approximate surface area is 159 Å². The van der Waals surface area contributed by atoms with Crippen molar-refractivity contribution in [2.24, 2.45) is 5.92 Å². The highest BCUT2D eigenvalue weighted by Crippen LogP contribution is 2.23. The number of amides is 3. The average molecular weight is 373 g/mol. The van der Waals surface area contributed by atoms with Gasteiger partial charge >= 0.3 is 12.0 Å². The number of rotatable bonds is 4. The van der Waals surface area contributed by atoms with Gasteiger partial charge in [-0.3, -0.25) is 9.59 Å². The Kier molecular flexibility index (Phi) is 5.98. The topological polar surface area (TPSA) is 79.0 Å². The molecule has 3 rings (SSSR count). The lowest BCUT2D eigenvalue weighted by molar-refractivity contribution is -0.149. The predicted molar refractivity (Wildman–Crippen MR) is 101 cm³/mol. The van der Waals surface area contributed by atoms with Crippen molar-refractivity contribution in [3.63, 3.8) is 0 Å². The zero-order valence-electron chi connectivity index (χ0n) is 15.9. The Hall–Kier alpha value is -2.57. The third-order valence-corrected chi connectivity index (χ3v) is 5.13. The first-order chi connectivity index (χ1) is 13.0. The molecule has 2 unspecified atom stereocenters. The Morgan fingerprint density at radius 3 is 2.67 bits per heavy atom. The van der Waals surface area contributed by atoms with E-state index in [4.69, 9.17) is 4.74 Å². The molecule has 7 heteroatoms. The van der Waals surface area contributed by atoms with Crippen molar-refractivity contribution in [3.05, 3.63) is 29.8 Å². The normalized spacial score (nSPS) is 22.7. The molecule has 3 amide bonds. The van der Waals surface area contributed by atoms with Crippen LogP contribution in [-0.4, -0.2) is 55.1 Å². The fourth-order valence-electron chi connectivity index (χ4n) is 3.66. The summed E-state index contributed by atoms with van der Waals surface area (Å²) < 4.78 is 5.08. The number of urea groups is 1. The molecule has 0 spiro atoms. The number of carbonyl (C=O) groups is 3. The van der Waals surface area contributed by atoms with Gasteiger partial charge < -0.3 is 19.9 Å². The van der Waals surface area contributed by atoms with Gasteiger partial charge in [-0.25, -0.2) is 4.79 Å². The lowest BCUT2D eigenvalue weighted by atomic mass is 9.98. The Balaban J connectivity index is 1.56. The number of piperidine rings is 1. The van der Waals surface area contributed by atoms with Crippen LogP contribution in [0.5, 0.6) is 0 Å². The monoisotopic (exact) mass is 373 g/mol. The number of anilines is 1. The average Bonchev–Trinajstić information content (AvgIpc) is 3.02. The number of likely N-dealkylation sites (tertiary alicyclic amines) is 1. The van der Waals surface area contributed by atoms with Crippen LogP contribution in [-0.2, 0) is 14.3 Å². The molecule has 2 fully saturated rings. The fraction of sp³-hybridized carbons (Fsp3) is 0.550. The molecule has 1 aromatic carbocycles. The summed E-state index contributed by atoms with van der Waals surface area (Å²) in [4.78, 5) is 40.3. The molecule has 0 saturated carbocycles. The maximum atomic E-state index is 12.6. The number of ether oxygens (including phenoxy) is 1. The van der Waals surface area contributed by atoms with E-state index in [1.165, 1.54) is 0 Å². The first kappa shape index (κ1) is 19.2. The molecule has 27 heavy (non-hydrogen) atoms. The number of esters is 1. The number of hydrogen-bond donors (Lipinski definition) is 1. The van der Waals surface area contributed by atoms with Gasteiger partial charge in [-0.05, 0) is 38.8 Å². The van der Waals surface area contributed by atoms with E-state index < -0.39 is 0 Å². The molecular formula is C20H27N3O4. The van der Waals surface area contributed by atoms with E-state index >= 15 is 0 Å². The summed E-state index contributed by atoms with van der Waals surface area (Å²) in [6.45, 7) is 5.57. The van der Waals surface area contributed by atoms with Crippen molar-refractivity contribution in [1.82, 2.24) is 10.2 Å². The zero-order valence-corrected chi connectivity index (χ0v) is 15.9. The second-order valence-electron chi connectivity index (χ2n) is 7.23. The molecule has 146 valence electrons. The molecule has 2 atom stereocenters. The van der Waals surface area contributed by atoms with Gasteiger partial charge in [0.25, 0.3) is 0 Å². The third-order valence-electron chi connectivity index (χ3n) is 5.13. The highest BCUT2D eigenvalue weighted by molar-refractivity contribution is 5.96. The van der Waals surface area contributed by atoms with Crippen molar-refractivity contribution in [1.29, 1.82) is 0 Å². The van der Waals surface area contributed by atoms with Crippen molar-refractivity contribution in [3.8, 4) is 0 Å². The SMILES string of the molecule is CCOC(=O)C1CCCN(C(=O)NC2CC(=O)N(c3ccc(C)cc3)C2)C1. The number of benzene rings is 1. The van der Waals surface area contributed by atoms with E-state index in [0.717, 1.165) is 24.1 Å². The van der Waals surface area contributed by atoms with Gasteiger partial charge in [0.1, 0.15) is 0 Å². The quantitative estimate of drug-likeness (QED) is 0.820. The molecule has 0 bridgehead atoms.